The lowest BCUT2D eigenvalue weighted by atomic mass is 10.2. The minimum atomic E-state index is -0.191. The average Bonchev–Trinajstić information content (AvgIpc) is 2.30. The Hall–Kier alpha value is -0.530. The molecule has 1 aromatic carbocycles. The molecule has 1 unspecified atom stereocenters. The molecule has 0 bridgehead atoms. The maximum Gasteiger partial charge on any atom is 0.135 e. The third kappa shape index (κ3) is 6.14. The maximum atomic E-state index is 6.11. The van der Waals surface area contributed by atoms with Crippen LogP contribution in [0.25, 0.3) is 0 Å². The number of halogens is 1. The summed E-state index contributed by atoms with van der Waals surface area (Å²) in [6, 6.07) is 10.2. The number of benzene rings is 1. The van der Waals surface area contributed by atoms with Crippen molar-refractivity contribution in [2.75, 3.05) is 6.61 Å². The smallest absolute Gasteiger partial charge is 0.135 e. The normalized spacial score (nSPS) is 12.6. The fourth-order valence-electron chi connectivity index (χ4n) is 1.60. The second kappa shape index (κ2) is 8.60. The number of alkyl halides is 1. The lowest BCUT2D eigenvalue weighted by molar-refractivity contribution is 0.104. The van der Waals surface area contributed by atoms with E-state index in [1.807, 2.05) is 18.2 Å². The van der Waals surface area contributed by atoms with Crippen molar-refractivity contribution in [3.8, 4) is 0 Å². The summed E-state index contributed by atoms with van der Waals surface area (Å²) < 4.78 is 5.56. The molecule has 90 valence electrons. The van der Waals surface area contributed by atoms with Crippen LogP contribution in [-0.4, -0.2) is 12.2 Å². The summed E-state index contributed by atoms with van der Waals surface area (Å²) in [5, 5.41) is 0. The van der Waals surface area contributed by atoms with E-state index in [2.05, 4.69) is 19.1 Å². The van der Waals surface area contributed by atoms with Crippen molar-refractivity contribution in [1.82, 2.24) is 0 Å². The van der Waals surface area contributed by atoms with Gasteiger partial charge in [-0.2, -0.15) is 0 Å². The number of hydrogen-bond donors (Lipinski definition) is 0. The molecule has 0 heterocycles. The van der Waals surface area contributed by atoms with Gasteiger partial charge in [-0.05, 0) is 12.0 Å². The number of unbranched alkanes of at least 4 members (excludes halogenated alkanes) is 3. The third-order valence-corrected chi connectivity index (χ3v) is 2.82. The van der Waals surface area contributed by atoms with Gasteiger partial charge in [0.15, 0.2) is 0 Å². The fraction of sp³-hybridized carbons (Fsp3) is 0.571. The predicted octanol–water partition coefficient (Wildman–Crippen LogP) is 4.39. The maximum absolute atomic E-state index is 6.11. The van der Waals surface area contributed by atoms with Gasteiger partial charge in [-0.25, -0.2) is 0 Å². The molecule has 1 rings (SSSR count). The van der Waals surface area contributed by atoms with Crippen molar-refractivity contribution in [3.63, 3.8) is 0 Å². The van der Waals surface area contributed by atoms with Crippen molar-refractivity contribution in [3.05, 3.63) is 35.9 Å². The highest BCUT2D eigenvalue weighted by molar-refractivity contribution is 6.19. The minimum Gasteiger partial charge on any atom is -0.362 e. The van der Waals surface area contributed by atoms with E-state index in [0.717, 1.165) is 19.4 Å². The van der Waals surface area contributed by atoms with Crippen molar-refractivity contribution in [2.45, 2.75) is 44.6 Å². The molecular weight excluding hydrogens is 220 g/mol. The Kier molecular flexibility index (Phi) is 7.28. The SMILES string of the molecule is CCCCCCOC(Cl)Cc1ccccc1. The van der Waals surface area contributed by atoms with Crippen molar-refractivity contribution >= 4 is 11.6 Å². The molecule has 1 atom stereocenters. The van der Waals surface area contributed by atoms with Gasteiger partial charge in [-0.3, -0.25) is 0 Å². The Labute approximate surface area is 104 Å². The molecule has 0 aliphatic heterocycles. The molecule has 2 heteroatoms. The Morgan fingerprint density at radius 2 is 1.88 bits per heavy atom. The van der Waals surface area contributed by atoms with Crippen molar-refractivity contribution in [2.24, 2.45) is 0 Å². The van der Waals surface area contributed by atoms with Crippen LogP contribution in [0.3, 0.4) is 0 Å². The molecule has 0 saturated heterocycles. The fourth-order valence-corrected chi connectivity index (χ4v) is 1.87. The van der Waals surface area contributed by atoms with Gasteiger partial charge in [0.25, 0.3) is 0 Å². The minimum absolute atomic E-state index is 0.191. The first-order chi connectivity index (χ1) is 7.83. The summed E-state index contributed by atoms with van der Waals surface area (Å²) in [5.41, 5.74) is 1.04. The molecule has 0 spiro atoms. The van der Waals surface area contributed by atoms with E-state index in [1.165, 1.54) is 24.8 Å². The van der Waals surface area contributed by atoms with Crippen LogP contribution < -0.4 is 0 Å². The quantitative estimate of drug-likeness (QED) is 0.484. The summed E-state index contributed by atoms with van der Waals surface area (Å²) in [6.45, 7) is 2.99. The standard InChI is InChI=1S/C14H21ClO/c1-2-3-4-8-11-16-14(15)12-13-9-6-5-7-10-13/h5-7,9-10,14H,2-4,8,11-12H2,1H3. The monoisotopic (exact) mass is 240 g/mol. The van der Waals surface area contributed by atoms with E-state index in [9.17, 15) is 0 Å². The third-order valence-electron chi connectivity index (χ3n) is 2.54. The first-order valence-electron chi connectivity index (χ1n) is 6.12. The summed E-state index contributed by atoms with van der Waals surface area (Å²) in [4.78, 5) is 0. The largest absolute Gasteiger partial charge is 0.362 e. The molecule has 0 radical (unpaired) electrons. The van der Waals surface area contributed by atoms with Gasteiger partial charge in [-0.15, -0.1) is 0 Å². The molecular formula is C14H21ClO. The van der Waals surface area contributed by atoms with Gasteiger partial charge in [0.2, 0.25) is 0 Å². The van der Waals surface area contributed by atoms with E-state index in [-0.39, 0.29) is 5.56 Å². The summed E-state index contributed by atoms with van der Waals surface area (Å²) in [7, 11) is 0. The lowest BCUT2D eigenvalue weighted by Gasteiger charge is -2.10. The molecule has 0 saturated carbocycles. The van der Waals surface area contributed by atoms with Crippen LogP contribution in [0.4, 0.5) is 0 Å². The molecule has 0 aromatic heterocycles. The molecule has 16 heavy (non-hydrogen) atoms. The van der Waals surface area contributed by atoms with E-state index in [4.69, 9.17) is 16.3 Å². The zero-order chi connectivity index (χ0) is 11.6. The Morgan fingerprint density at radius 3 is 2.56 bits per heavy atom. The summed E-state index contributed by atoms with van der Waals surface area (Å²) >= 11 is 6.11. The molecule has 1 nitrogen and oxygen atoms in total. The highest BCUT2D eigenvalue weighted by Crippen LogP contribution is 2.10. The first-order valence-corrected chi connectivity index (χ1v) is 6.56. The Morgan fingerprint density at radius 1 is 1.12 bits per heavy atom. The molecule has 0 fully saturated rings. The molecule has 0 aliphatic carbocycles. The first kappa shape index (κ1) is 13.5. The second-order valence-electron chi connectivity index (χ2n) is 4.03. The van der Waals surface area contributed by atoms with Crippen LogP contribution in [-0.2, 0) is 11.2 Å². The van der Waals surface area contributed by atoms with Crippen LogP contribution in [0, 0.1) is 0 Å². The highest BCUT2D eigenvalue weighted by atomic mass is 35.5. The zero-order valence-electron chi connectivity index (χ0n) is 9.99. The van der Waals surface area contributed by atoms with Crippen LogP contribution in [0.5, 0.6) is 0 Å². The topological polar surface area (TPSA) is 9.23 Å². The van der Waals surface area contributed by atoms with E-state index >= 15 is 0 Å². The second-order valence-corrected chi connectivity index (χ2v) is 4.52. The van der Waals surface area contributed by atoms with Gasteiger partial charge in [-0.1, -0.05) is 68.1 Å². The number of hydrogen-bond acceptors (Lipinski definition) is 1. The van der Waals surface area contributed by atoms with Gasteiger partial charge < -0.3 is 4.74 Å². The van der Waals surface area contributed by atoms with Crippen molar-refractivity contribution < 1.29 is 4.74 Å². The van der Waals surface area contributed by atoms with Crippen LogP contribution in [0.2, 0.25) is 0 Å². The highest BCUT2D eigenvalue weighted by Gasteiger charge is 2.05. The van der Waals surface area contributed by atoms with E-state index < -0.39 is 0 Å². The van der Waals surface area contributed by atoms with Gasteiger partial charge in [0.1, 0.15) is 5.56 Å². The van der Waals surface area contributed by atoms with Crippen molar-refractivity contribution in [1.29, 1.82) is 0 Å². The van der Waals surface area contributed by atoms with E-state index in [1.54, 1.807) is 0 Å². The van der Waals surface area contributed by atoms with Gasteiger partial charge >= 0.3 is 0 Å². The van der Waals surface area contributed by atoms with Gasteiger partial charge in [0, 0.05) is 13.0 Å². The molecule has 0 N–H and O–H groups in total. The van der Waals surface area contributed by atoms with Crippen LogP contribution >= 0.6 is 11.6 Å². The van der Waals surface area contributed by atoms with E-state index in [0.29, 0.717) is 0 Å². The number of rotatable bonds is 8. The summed E-state index contributed by atoms with van der Waals surface area (Å²) in [6.07, 6.45) is 5.69. The van der Waals surface area contributed by atoms with Crippen LogP contribution in [0.15, 0.2) is 30.3 Å². The number of ether oxygens (including phenoxy) is 1. The molecule has 1 aromatic rings. The zero-order valence-corrected chi connectivity index (χ0v) is 10.7. The molecule has 0 aliphatic rings. The van der Waals surface area contributed by atoms with Crippen LogP contribution in [0.1, 0.15) is 38.2 Å². The summed E-state index contributed by atoms with van der Waals surface area (Å²) in [5.74, 6) is 0. The lowest BCUT2D eigenvalue weighted by Crippen LogP contribution is -2.09. The Balaban J connectivity index is 2.09. The molecule has 0 amide bonds. The average molecular weight is 241 g/mol. The Bertz CT molecular complexity index is 261. The predicted molar refractivity (Wildman–Crippen MR) is 69.9 cm³/mol. The van der Waals surface area contributed by atoms with Gasteiger partial charge in [0.05, 0.1) is 0 Å².